The number of carbonyl (C=O) groups is 3. The van der Waals surface area contributed by atoms with Gasteiger partial charge in [-0.3, -0.25) is 14.4 Å². The second-order valence-electron chi connectivity index (χ2n) is 15.8. The fraction of sp³-hybridized carbons (Fsp3) is 0.686. The third-order valence-electron chi connectivity index (χ3n) is 13.4. The van der Waals surface area contributed by atoms with Crippen LogP contribution in [0.3, 0.4) is 0 Å². The van der Waals surface area contributed by atoms with Gasteiger partial charge in [0.25, 0.3) is 0 Å². The van der Waals surface area contributed by atoms with Gasteiger partial charge in [-0.2, -0.15) is 0 Å². The third-order valence-corrected chi connectivity index (χ3v) is 13.4. The first-order valence-electron chi connectivity index (χ1n) is 15.4. The second-order valence-corrected chi connectivity index (χ2v) is 15.8. The van der Waals surface area contributed by atoms with Crippen LogP contribution in [-0.2, 0) is 20.9 Å². The van der Waals surface area contributed by atoms with E-state index in [2.05, 4.69) is 59.9 Å². The van der Waals surface area contributed by atoms with Gasteiger partial charge < -0.3 is 9.73 Å². The lowest BCUT2D eigenvalue weighted by atomic mass is 9.34. The third kappa shape index (κ3) is 3.54. The number of rotatable bonds is 3. The van der Waals surface area contributed by atoms with Gasteiger partial charge in [0.15, 0.2) is 11.6 Å². The van der Waals surface area contributed by atoms with Crippen LogP contribution >= 0.6 is 0 Å². The molecule has 1 heterocycles. The molecule has 1 amide bonds. The molecule has 5 heteroatoms. The van der Waals surface area contributed by atoms with Gasteiger partial charge in [0.1, 0.15) is 5.76 Å². The zero-order valence-corrected chi connectivity index (χ0v) is 25.5. The quantitative estimate of drug-likeness (QED) is 0.435. The lowest BCUT2D eigenvalue weighted by Gasteiger charge is -2.69. The summed E-state index contributed by atoms with van der Waals surface area (Å²) in [5.41, 5.74) is -0.269. The number of hydrogen-bond acceptors (Lipinski definition) is 4. The molecular formula is C35H47NO4. The fourth-order valence-electron chi connectivity index (χ4n) is 10.4. The zero-order chi connectivity index (χ0) is 28.9. The molecule has 3 fully saturated rings. The van der Waals surface area contributed by atoms with Crippen LogP contribution in [-0.4, -0.2) is 17.5 Å². The highest BCUT2D eigenvalue weighted by atomic mass is 16.3. The summed E-state index contributed by atoms with van der Waals surface area (Å²) in [6.45, 7) is 16.1. The zero-order valence-electron chi connectivity index (χ0n) is 25.5. The van der Waals surface area contributed by atoms with E-state index in [1.807, 2.05) is 18.2 Å². The molecule has 8 unspecified atom stereocenters. The number of fused-ring (bicyclic) bond motifs is 7. The molecule has 0 saturated heterocycles. The molecular weight excluding hydrogens is 498 g/mol. The maximum Gasteiger partial charge on any atom is 0.226 e. The van der Waals surface area contributed by atoms with Crippen LogP contribution < -0.4 is 5.32 Å². The molecule has 5 aliphatic carbocycles. The van der Waals surface area contributed by atoms with E-state index in [4.69, 9.17) is 4.42 Å². The monoisotopic (exact) mass is 545 g/mol. The Hall–Kier alpha value is -2.43. The van der Waals surface area contributed by atoms with Crippen LogP contribution in [0.25, 0.3) is 0 Å². The lowest BCUT2D eigenvalue weighted by Crippen LogP contribution is -2.64. The van der Waals surface area contributed by atoms with Gasteiger partial charge in [0.05, 0.1) is 12.8 Å². The number of hydrogen-bond donors (Lipinski definition) is 1. The van der Waals surface area contributed by atoms with Crippen molar-refractivity contribution in [3.8, 4) is 0 Å². The Balaban J connectivity index is 1.37. The Kier molecular flexibility index (Phi) is 5.93. The molecule has 6 rings (SSSR count). The van der Waals surface area contributed by atoms with Crippen LogP contribution in [0, 0.1) is 50.2 Å². The average Bonchev–Trinajstić information content (AvgIpc) is 3.41. The van der Waals surface area contributed by atoms with Crippen molar-refractivity contribution in [3.05, 3.63) is 48.0 Å². The SMILES string of the molecule is CC1(C(=O)NCc2ccco2)CCC2(C)CCC3(C)C(C(=O)C=C4C5(C)C=CC(=O)C(C)(C)C5CCC43C)C2C1. The molecule has 5 aliphatic rings. The first kappa shape index (κ1) is 27.7. The van der Waals surface area contributed by atoms with Crippen molar-refractivity contribution in [3.63, 3.8) is 0 Å². The largest absolute Gasteiger partial charge is 0.467 e. The summed E-state index contributed by atoms with van der Waals surface area (Å²) in [5, 5.41) is 3.13. The Bertz CT molecular complexity index is 1320. The van der Waals surface area contributed by atoms with Crippen molar-refractivity contribution < 1.29 is 18.8 Å². The molecule has 1 aromatic rings. The first-order valence-corrected chi connectivity index (χ1v) is 15.4. The highest BCUT2D eigenvalue weighted by Crippen LogP contribution is 2.74. The summed E-state index contributed by atoms with van der Waals surface area (Å²) in [5.74, 6) is 1.51. The van der Waals surface area contributed by atoms with E-state index in [0.29, 0.717) is 6.54 Å². The van der Waals surface area contributed by atoms with Crippen molar-refractivity contribution in [1.29, 1.82) is 0 Å². The van der Waals surface area contributed by atoms with Crippen LogP contribution in [0.15, 0.2) is 46.6 Å². The first-order chi connectivity index (χ1) is 18.6. The van der Waals surface area contributed by atoms with Crippen LogP contribution in [0.4, 0.5) is 0 Å². The van der Waals surface area contributed by atoms with Gasteiger partial charge in [-0.1, -0.05) is 60.1 Å². The van der Waals surface area contributed by atoms with Crippen molar-refractivity contribution in [2.75, 3.05) is 0 Å². The van der Waals surface area contributed by atoms with Gasteiger partial charge in [0.2, 0.25) is 5.91 Å². The number of allylic oxidation sites excluding steroid dienone is 4. The van der Waals surface area contributed by atoms with E-state index in [-0.39, 0.29) is 56.9 Å². The lowest BCUT2D eigenvalue weighted by molar-refractivity contribution is -0.172. The molecule has 0 radical (unpaired) electrons. The molecule has 5 nitrogen and oxygen atoms in total. The average molecular weight is 546 g/mol. The highest BCUT2D eigenvalue weighted by Gasteiger charge is 2.69. The van der Waals surface area contributed by atoms with E-state index in [1.165, 1.54) is 5.57 Å². The highest BCUT2D eigenvalue weighted by molar-refractivity contribution is 5.98. The molecule has 216 valence electrons. The summed E-state index contributed by atoms with van der Waals surface area (Å²) in [6, 6.07) is 3.72. The molecule has 0 spiro atoms. The van der Waals surface area contributed by atoms with Gasteiger partial charge in [-0.25, -0.2) is 0 Å². The van der Waals surface area contributed by atoms with Crippen molar-refractivity contribution in [1.82, 2.24) is 5.32 Å². The molecule has 40 heavy (non-hydrogen) atoms. The van der Waals surface area contributed by atoms with Gasteiger partial charge in [0, 0.05) is 22.2 Å². The number of furan rings is 1. The molecule has 8 atom stereocenters. The summed E-state index contributed by atoms with van der Waals surface area (Å²) >= 11 is 0. The van der Waals surface area contributed by atoms with E-state index in [0.717, 1.165) is 50.7 Å². The Morgan fingerprint density at radius 3 is 2.42 bits per heavy atom. The van der Waals surface area contributed by atoms with E-state index in [9.17, 15) is 14.4 Å². The molecule has 1 aromatic heterocycles. The van der Waals surface area contributed by atoms with Gasteiger partial charge >= 0.3 is 0 Å². The van der Waals surface area contributed by atoms with E-state index < -0.39 is 10.8 Å². The van der Waals surface area contributed by atoms with E-state index in [1.54, 1.807) is 12.3 Å². The number of ketones is 2. The standard InChI is InChI=1S/C35H47NO4/c1-30(2)25-10-13-34(6)26(33(25,5)12-11-27(30)38)19-24(37)28-23-20-32(4,29(39)36-21-22-9-8-18-40-22)15-14-31(23,3)16-17-35(28,34)7/h8-9,11-12,18-19,23,25,28H,10,13-17,20-21H2,1-7H3,(H,36,39). The topological polar surface area (TPSA) is 76.4 Å². The second kappa shape index (κ2) is 8.55. The summed E-state index contributed by atoms with van der Waals surface area (Å²) < 4.78 is 5.44. The molecule has 3 saturated carbocycles. The van der Waals surface area contributed by atoms with Crippen LogP contribution in [0.5, 0.6) is 0 Å². The maximum absolute atomic E-state index is 14.5. The molecule has 0 aliphatic heterocycles. The smallest absolute Gasteiger partial charge is 0.226 e. The van der Waals surface area contributed by atoms with Gasteiger partial charge in [-0.05, 0) is 97.3 Å². The van der Waals surface area contributed by atoms with E-state index >= 15 is 0 Å². The summed E-state index contributed by atoms with van der Waals surface area (Å²) in [7, 11) is 0. The number of nitrogens with one attached hydrogen (secondary N) is 1. The summed E-state index contributed by atoms with van der Waals surface area (Å²) in [6.07, 6.45) is 14.2. The maximum atomic E-state index is 14.5. The van der Waals surface area contributed by atoms with Crippen molar-refractivity contribution in [2.24, 2.45) is 50.2 Å². The minimum absolute atomic E-state index is 0.0581. The molecule has 0 bridgehead atoms. The molecule has 1 N–H and O–H groups in total. The summed E-state index contributed by atoms with van der Waals surface area (Å²) in [4.78, 5) is 41.0. The van der Waals surface area contributed by atoms with Crippen LogP contribution in [0.2, 0.25) is 0 Å². The van der Waals surface area contributed by atoms with Crippen LogP contribution in [0.1, 0.15) is 99.2 Å². The minimum atomic E-state index is -0.514. The fourth-order valence-corrected chi connectivity index (χ4v) is 10.4. The number of amides is 1. The minimum Gasteiger partial charge on any atom is -0.467 e. The Labute approximate surface area is 239 Å². The predicted molar refractivity (Wildman–Crippen MR) is 155 cm³/mol. The van der Waals surface area contributed by atoms with Crippen molar-refractivity contribution in [2.45, 2.75) is 100.0 Å². The van der Waals surface area contributed by atoms with Crippen molar-refractivity contribution >= 4 is 17.5 Å². The van der Waals surface area contributed by atoms with Gasteiger partial charge in [-0.15, -0.1) is 0 Å². The Morgan fingerprint density at radius 2 is 1.73 bits per heavy atom. The Morgan fingerprint density at radius 1 is 1.00 bits per heavy atom. The normalized spacial score (nSPS) is 45.5. The molecule has 0 aromatic carbocycles. The predicted octanol–water partition coefficient (Wildman–Crippen LogP) is 7.22. The number of carbonyl (C=O) groups excluding carboxylic acids is 3.